The van der Waals surface area contributed by atoms with E-state index in [9.17, 15) is 4.79 Å². The van der Waals surface area contributed by atoms with Crippen molar-refractivity contribution in [3.63, 3.8) is 0 Å². The first-order valence-corrected chi connectivity index (χ1v) is 7.62. The molecule has 1 aliphatic rings. The molecule has 1 N–H and O–H groups in total. The van der Waals surface area contributed by atoms with Crippen molar-refractivity contribution < 1.29 is 4.79 Å². The molecule has 0 aromatic carbocycles. The van der Waals surface area contributed by atoms with Gasteiger partial charge >= 0.3 is 6.03 Å². The maximum absolute atomic E-state index is 12.3. The molecule has 0 aliphatic carbocycles. The number of urea groups is 1. The zero-order chi connectivity index (χ0) is 13.9. The maximum atomic E-state index is 12.3. The van der Waals surface area contributed by atoms with Crippen molar-refractivity contribution in [2.75, 3.05) is 6.54 Å². The van der Waals surface area contributed by atoms with Crippen molar-refractivity contribution in [3.05, 3.63) is 52.0 Å². The molecule has 2 aromatic rings. The second-order valence-electron chi connectivity index (χ2n) is 5.00. The summed E-state index contributed by atoms with van der Waals surface area (Å²) in [4.78, 5) is 19.7. The molecular weight excluding hydrogens is 270 g/mol. The zero-order valence-electron chi connectivity index (χ0n) is 11.4. The number of pyridine rings is 1. The van der Waals surface area contributed by atoms with Crippen LogP contribution in [0.4, 0.5) is 4.79 Å². The predicted molar refractivity (Wildman–Crippen MR) is 79.6 cm³/mol. The van der Waals surface area contributed by atoms with Crippen LogP contribution in [0.15, 0.2) is 36.0 Å². The van der Waals surface area contributed by atoms with Gasteiger partial charge in [0.1, 0.15) is 0 Å². The SMILES string of the molecule is C[C@H](NC(=O)N1CCc2sccc2C1)c1cccnc1. The smallest absolute Gasteiger partial charge is 0.318 e. The highest BCUT2D eigenvalue weighted by atomic mass is 32.1. The predicted octanol–water partition coefficient (Wildman–Crippen LogP) is 2.97. The number of hydrogen-bond acceptors (Lipinski definition) is 3. The Morgan fingerprint density at radius 3 is 3.20 bits per heavy atom. The standard InChI is InChI=1S/C15H17N3OS/c1-11(12-3-2-6-16-9-12)17-15(19)18-7-4-14-13(10-18)5-8-20-14/h2-3,5-6,8-9,11H,4,7,10H2,1H3,(H,17,19)/t11-/m0/s1. The molecule has 20 heavy (non-hydrogen) atoms. The van der Waals surface area contributed by atoms with E-state index >= 15 is 0 Å². The Bertz CT molecular complexity index is 596. The summed E-state index contributed by atoms with van der Waals surface area (Å²) < 4.78 is 0. The second-order valence-corrected chi connectivity index (χ2v) is 6.00. The molecular formula is C15H17N3OS. The normalized spacial score (nSPS) is 15.6. The van der Waals surface area contributed by atoms with Crippen molar-refractivity contribution in [2.24, 2.45) is 0 Å². The second kappa shape index (κ2) is 5.63. The van der Waals surface area contributed by atoms with Crippen LogP contribution in [0.25, 0.3) is 0 Å². The Balaban J connectivity index is 1.63. The van der Waals surface area contributed by atoms with E-state index in [4.69, 9.17) is 0 Å². The van der Waals surface area contributed by atoms with Gasteiger partial charge in [0.05, 0.1) is 6.04 Å². The van der Waals surface area contributed by atoms with Crippen LogP contribution in [0, 0.1) is 0 Å². The quantitative estimate of drug-likeness (QED) is 0.923. The fraction of sp³-hybridized carbons (Fsp3) is 0.333. The summed E-state index contributed by atoms with van der Waals surface area (Å²) in [5, 5.41) is 5.14. The minimum Gasteiger partial charge on any atom is -0.331 e. The lowest BCUT2D eigenvalue weighted by atomic mass is 10.1. The summed E-state index contributed by atoms with van der Waals surface area (Å²) in [6, 6.07) is 5.95. The van der Waals surface area contributed by atoms with Crippen LogP contribution >= 0.6 is 11.3 Å². The van der Waals surface area contributed by atoms with Gasteiger partial charge in [-0.25, -0.2) is 4.79 Å². The Kier molecular flexibility index (Phi) is 3.69. The van der Waals surface area contributed by atoms with Crippen molar-refractivity contribution in [1.29, 1.82) is 0 Å². The molecule has 0 bridgehead atoms. The van der Waals surface area contributed by atoms with Gasteiger partial charge in [-0.3, -0.25) is 4.98 Å². The van der Waals surface area contributed by atoms with Crippen molar-refractivity contribution in [3.8, 4) is 0 Å². The molecule has 1 aliphatic heterocycles. The number of nitrogens with zero attached hydrogens (tertiary/aromatic N) is 2. The van der Waals surface area contributed by atoms with Gasteiger partial charge in [0, 0.05) is 30.4 Å². The molecule has 104 valence electrons. The van der Waals surface area contributed by atoms with Gasteiger partial charge in [-0.15, -0.1) is 11.3 Å². The Hall–Kier alpha value is -1.88. The van der Waals surface area contributed by atoms with E-state index < -0.39 is 0 Å². The molecule has 2 aromatic heterocycles. The van der Waals surface area contributed by atoms with Crippen molar-refractivity contribution in [2.45, 2.75) is 25.9 Å². The maximum Gasteiger partial charge on any atom is 0.318 e. The first kappa shape index (κ1) is 13.1. The number of fused-ring (bicyclic) bond motifs is 1. The molecule has 2 amide bonds. The molecule has 1 atom stereocenters. The number of carbonyl (C=O) groups is 1. The van der Waals surface area contributed by atoms with Crippen LogP contribution < -0.4 is 5.32 Å². The van der Waals surface area contributed by atoms with E-state index in [1.165, 1.54) is 10.4 Å². The lowest BCUT2D eigenvalue weighted by Gasteiger charge is -2.28. The van der Waals surface area contributed by atoms with Crippen molar-refractivity contribution >= 4 is 17.4 Å². The lowest BCUT2D eigenvalue weighted by molar-refractivity contribution is 0.189. The molecule has 0 fully saturated rings. The first-order valence-electron chi connectivity index (χ1n) is 6.74. The number of nitrogens with one attached hydrogen (secondary N) is 1. The third-order valence-corrected chi connectivity index (χ3v) is 4.64. The highest BCUT2D eigenvalue weighted by molar-refractivity contribution is 7.10. The third kappa shape index (κ3) is 2.67. The average molecular weight is 287 g/mol. The lowest BCUT2D eigenvalue weighted by Crippen LogP contribution is -2.43. The van der Waals surface area contributed by atoms with Gasteiger partial charge in [0.2, 0.25) is 0 Å². The molecule has 0 unspecified atom stereocenters. The Morgan fingerprint density at radius 1 is 1.50 bits per heavy atom. The number of hydrogen-bond donors (Lipinski definition) is 1. The summed E-state index contributed by atoms with van der Waals surface area (Å²) in [6.07, 6.45) is 4.49. The van der Waals surface area contributed by atoms with Gasteiger partial charge in [0.15, 0.2) is 0 Å². The summed E-state index contributed by atoms with van der Waals surface area (Å²) in [5.41, 5.74) is 2.31. The third-order valence-electron chi connectivity index (χ3n) is 3.62. The van der Waals surface area contributed by atoms with Gasteiger partial charge in [0.25, 0.3) is 0 Å². The van der Waals surface area contributed by atoms with Crippen LogP contribution in [0.5, 0.6) is 0 Å². The molecule has 4 nitrogen and oxygen atoms in total. The van der Waals surface area contributed by atoms with E-state index in [2.05, 4.69) is 21.7 Å². The number of rotatable bonds is 2. The van der Waals surface area contributed by atoms with E-state index in [0.717, 1.165) is 18.5 Å². The topological polar surface area (TPSA) is 45.2 Å². The minimum atomic E-state index is -0.0277. The van der Waals surface area contributed by atoms with Gasteiger partial charge in [-0.2, -0.15) is 0 Å². The summed E-state index contributed by atoms with van der Waals surface area (Å²) in [7, 11) is 0. The van der Waals surface area contributed by atoms with Gasteiger partial charge in [-0.05, 0) is 42.0 Å². The molecule has 0 saturated carbocycles. The summed E-state index contributed by atoms with van der Waals surface area (Å²) in [5.74, 6) is 0. The molecule has 0 radical (unpaired) electrons. The number of carbonyl (C=O) groups excluding carboxylic acids is 1. The fourth-order valence-corrected chi connectivity index (χ4v) is 3.30. The Morgan fingerprint density at radius 2 is 2.40 bits per heavy atom. The number of aromatic nitrogens is 1. The average Bonchev–Trinajstić information content (AvgIpc) is 2.95. The highest BCUT2D eigenvalue weighted by Gasteiger charge is 2.22. The van der Waals surface area contributed by atoms with Gasteiger partial charge < -0.3 is 10.2 Å². The molecule has 5 heteroatoms. The van der Waals surface area contributed by atoms with Gasteiger partial charge in [-0.1, -0.05) is 6.07 Å². The minimum absolute atomic E-state index is 0.00166. The van der Waals surface area contributed by atoms with E-state index in [1.807, 2.05) is 24.0 Å². The monoisotopic (exact) mass is 287 g/mol. The van der Waals surface area contributed by atoms with Crippen LogP contribution in [0.2, 0.25) is 0 Å². The molecule has 0 spiro atoms. The van der Waals surface area contributed by atoms with Crippen LogP contribution in [0.1, 0.15) is 29.0 Å². The number of amides is 2. The molecule has 3 rings (SSSR count). The fourth-order valence-electron chi connectivity index (χ4n) is 2.41. The van der Waals surface area contributed by atoms with E-state index in [0.29, 0.717) is 6.54 Å². The van der Waals surface area contributed by atoms with Crippen LogP contribution in [0.3, 0.4) is 0 Å². The van der Waals surface area contributed by atoms with Crippen LogP contribution in [-0.2, 0) is 13.0 Å². The zero-order valence-corrected chi connectivity index (χ0v) is 12.2. The highest BCUT2D eigenvalue weighted by Crippen LogP contribution is 2.24. The van der Waals surface area contributed by atoms with Crippen molar-refractivity contribution in [1.82, 2.24) is 15.2 Å². The summed E-state index contributed by atoms with van der Waals surface area (Å²) in [6.45, 7) is 3.48. The molecule has 0 saturated heterocycles. The first-order chi connectivity index (χ1) is 9.74. The Labute approximate surface area is 122 Å². The summed E-state index contributed by atoms with van der Waals surface area (Å²) >= 11 is 1.78. The van der Waals surface area contributed by atoms with Crippen LogP contribution in [-0.4, -0.2) is 22.5 Å². The number of thiophene rings is 1. The van der Waals surface area contributed by atoms with E-state index in [-0.39, 0.29) is 12.1 Å². The largest absolute Gasteiger partial charge is 0.331 e. The van der Waals surface area contributed by atoms with E-state index in [1.54, 1.807) is 23.7 Å². The molecule has 3 heterocycles.